The van der Waals surface area contributed by atoms with Gasteiger partial charge in [-0.25, -0.2) is 5.10 Å². The summed E-state index contributed by atoms with van der Waals surface area (Å²) in [7, 11) is 1.88. The second-order valence-corrected chi connectivity index (χ2v) is 9.31. The first kappa shape index (κ1) is 18.9. The highest BCUT2D eigenvalue weighted by Crippen LogP contribution is 2.45. The van der Waals surface area contributed by atoms with E-state index < -0.39 is 5.54 Å². The molecule has 1 aliphatic carbocycles. The number of nitrogens with one attached hydrogen (secondary N) is 1. The van der Waals surface area contributed by atoms with Crippen molar-refractivity contribution in [1.29, 1.82) is 5.26 Å². The van der Waals surface area contributed by atoms with Crippen LogP contribution >= 0.6 is 11.3 Å². The van der Waals surface area contributed by atoms with Crippen LogP contribution < -0.4 is 11.3 Å². The Hall–Kier alpha value is -3.80. The van der Waals surface area contributed by atoms with Gasteiger partial charge in [-0.1, -0.05) is 24.3 Å². The number of hydrogen-bond donors (Lipinski definition) is 2. The molecule has 0 radical (unpaired) electrons. The Balaban J connectivity index is 1.61. The fourth-order valence-corrected chi connectivity index (χ4v) is 5.57. The molecule has 3 N–H and O–H groups in total. The first-order valence-corrected chi connectivity index (χ1v) is 11.1. The molecule has 1 saturated carbocycles. The third-order valence-electron chi connectivity index (χ3n) is 6.22. The van der Waals surface area contributed by atoms with Crippen molar-refractivity contribution in [3.05, 3.63) is 70.3 Å². The molecule has 0 unspecified atom stereocenters. The fraction of sp³-hybridized carbons (Fsp3) is 0.167. The maximum atomic E-state index is 12.4. The number of nitrogens with two attached hydrogens (primary N) is 1. The number of aromatic nitrogens is 4. The molecule has 3 aromatic heterocycles. The molecule has 5 aromatic rings. The molecule has 32 heavy (non-hydrogen) atoms. The number of hydrogen-bond acceptors (Lipinski definition) is 6. The van der Waals surface area contributed by atoms with E-state index in [4.69, 9.17) is 5.73 Å². The molecular weight excluding hydrogens is 420 g/mol. The van der Waals surface area contributed by atoms with Crippen LogP contribution in [0.15, 0.2) is 53.5 Å². The van der Waals surface area contributed by atoms with Crippen molar-refractivity contribution in [3.63, 3.8) is 0 Å². The van der Waals surface area contributed by atoms with Crippen molar-refractivity contribution in [1.82, 2.24) is 20.0 Å². The van der Waals surface area contributed by atoms with Gasteiger partial charge in [-0.3, -0.25) is 9.48 Å². The Kier molecular flexibility index (Phi) is 3.90. The molecule has 6 rings (SSSR count). The number of benzene rings is 2. The Bertz CT molecular complexity index is 1650. The highest BCUT2D eigenvalue weighted by atomic mass is 32.1. The molecule has 2 aromatic carbocycles. The average molecular weight is 439 g/mol. The van der Waals surface area contributed by atoms with E-state index in [0.29, 0.717) is 10.9 Å². The minimum atomic E-state index is -0.488. The molecule has 0 aliphatic heterocycles. The zero-order chi connectivity index (χ0) is 22.0. The van der Waals surface area contributed by atoms with Crippen LogP contribution in [0.2, 0.25) is 0 Å². The molecule has 3 heterocycles. The number of rotatable bonds is 3. The third kappa shape index (κ3) is 2.65. The Morgan fingerprint density at radius 3 is 2.78 bits per heavy atom. The van der Waals surface area contributed by atoms with E-state index in [0.717, 1.165) is 55.7 Å². The largest absolute Gasteiger partial charge is 0.320 e. The van der Waals surface area contributed by atoms with Crippen molar-refractivity contribution in [2.75, 3.05) is 0 Å². The lowest BCUT2D eigenvalue weighted by Crippen LogP contribution is -2.24. The van der Waals surface area contributed by atoms with E-state index in [1.807, 2.05) is 49.5 Å². The van der Waals surface area contributed by atoms with Gasteiger partial charge in [0.05, 0.1) is 39.0 Å². The van der Waals surface area contributed by atoms with Crippen molar-refractivity contribution in [2.45, 2.75) is 18.4 Å². The Morgan fingerprint density at radius 1 is 1.19 bits per heavy atom. The summed E-state index contributed by atoms with van der Waals surface area (Å²) >= 11 is 1.58. The first-order chi connectivity index (χ1) is 15.5. The maximum absolute atomic E-state index is 12.4. The van der Waals surface area contributed by atoms with Gasteiger partial charge in [0.25, 0.3) is 5.56 Å². The van der Waals surface area contributed by atoms with E-state index in [-0.39, 0.29) is 5.56 Å². The van der Waals surface area contributed by atoms with Crippen LogP contribution in [0.5, 0.6) is 0 Å². The summed E-state index contributed by atoms with van der Waals surface area (Å²) in [5.74, 6) is 0. The van der Waals surface area contributed by atoms with Crippen LogP contribution in [-0.2, 0) is 12.6 Å². The predicted molar refractivity (Wildman–Crippen MR) is 125 cm³/mol. The average Bonchev–Trinajstić information content (AvgIpc) is 3.27. The van der Waals surface area contributed by atoms with Gasteiger partial charge in [0.2, 0.25) is 0 Å². The van der Waals surface area contributed by atoms with Crippen LogP contribution in [0, 0.1) is 11.3 Å². The van der Waals surface area contributed by atoms with Crippen molar-refractivity contribution in [3.8, 4) is 27.8 Å². The van der Waals surface area contributed by atoms with Gasteiger partial charge in [0.1, 0.15) is 6.07 Å². The number of aryl methyl sites for hydroxylation is 1. The number of nitrogens with zero attached hydrogens (tertiary/aromatic N) is 4. The monoisotopic (exact) mass is 438 g/mol. The first-order valence-electron chi connectivity index (χ1n) is 10.3. The van der Waals surface area contributed by atoms with Gasteiger partial charge >= 0.3 is 0 Å². The molecule has 8 heteroatoms. The highest BCUT2D eigenvalue weighted by Gasteiger charge is 2.43. The van der Waals surface area contributed by atoms with E-state index in [1.165, 1.54) is 0 Å². The van der Waals surface area contributed by atoms with E-state index in [9.17, 15) is 10.1 Å². The SMILES string of the molecule is Cn1ncc(-c2ccc3c(=O)[nH]nc(C4(N)CC4)c3c2)c1-c1sc2ccccc2c1C#N. The minimum Gasteiger partial charge on any atom is -0.320 e. The lowest BCUT2D eigenvalue weighted by Gasteiger charge is -2.12. The molecular formula is C24H18N6OS. The Labute approximate surface area is 186 Å². The van der Waals surface area contributed by atoms with Gasteiger partial charge in [0, 0.05) is 28.1 Å². The van der Waals surface area contributed by atoms with Crippen molar-refractivity contribution < 1.29 is 0 Å². The zero-order valence-corrected chi connectivity index (χ0v) is 18.0. The fourth-order valence-electron chi connectivity index (χ4n) is 4.33. The summed E-state index contributed by atoms with van der Waals surface area (Å²) in [5.41, 5.74) is 9.76. The predicted octanol–water partition coefficient (Wildman–Crippen LogP) is 4.02. The molecule has 0 spiro atoms. The number of nitriles is 1. The van der Waals surface area contributed by atoms with E-state index in [1.54, 1.807) is 22.2 Å². The van der Waals surface area contributed by atoms with Crippen LogP contribution in [-0.4, -0.2) is 20.0 Å². The quantitative estimate of drug-likeness (QED) is 0.442. The maximum Gasteiger partial charge on any atom is 0.272 e. The summed E-state index contributed by atoms with van der Waals surface area (Å²) in [5, 5.41) is 23.6. The topological polar surface area (TPSA) is 113 Å². The summed E-state index contributed by atoms with van der Waals surface area (Å²) in [6.45, 7) is 0. The van der Waals surface area contributed by atoms with E-state index >= 15 is 0 Å². The molecule has 1 aliphatic rings. The van der Waals surface area contributed by atoms with Gasteiger partial charge < -0.3 is 5.73 Å². The lowest BCUT2D eigenvalue weighted by atomic mass is 9.98. The second-order valence-electron chi connectivity index (χ2n) is 8.26. The summed E-state index contributed by atoms with van der Waals surface area (Å²) in [6, 6.07) is 16.0. The molecule has 7 nitrogen and oxygen atoms in total. The number of fused-ring (bicyclic) bond motifs is 2. The van der Waals surface area contributed by atoms with Crippen molar-refractivity contribution in [2.24, 2.45) is 12.8 Å². The van der Waals surface area contributed by atoms with Gasteiger partial charge in [-0.15, -0.1) is 11.3 Å². The molecule has 0 bridgehead atoms. The molecule has 0 saturated heterocycles. The smallest absolute Gasteiger partial charge is 0.272 e. The Morgan fingerprint density at radius 2 is 2.00 bits per heavy atom. The third-order valence-corrected chi connectivity index (χ3v) is 7.40. The molecule has 0 atom stereocenters. The molecule has 1 fully saturated rings. The van der Waals surface area contributed by atoms with Gasteiger partial charge in [-0.05, 0) is 36.6 Å². The summed E-state index contributed by atoms with van der Waals surface area (Å²) in [6.07, 6.45) is 3.49. The lowest BCUT2D eigenvalue weighted by molar-refractivity contribution is 0.694. The standard InChI is InChI=1S/C24H18N6OS/c1-30-20(21-17(11-25)14-4-2-3-5-19(14)32-21)18(12-27-30)13-6-7-15-16(10-13)22(24(26)8-9-24)28-29-23(15)31/h2-7,10,12H,8-9,26H2,1H3,(H,29,31). The van der Waals surface area contributed by atoms with E-state index in [2.05, 4.69) is 21.4 Å². The number of H-pyrrole nitrogens is 1. The van der Waals surface area contributed by atoms with Crippen LogP contribution in [0.1, 0.15) is 24.1 Å². The summed E-state index contributed by atoms with van der Waals surface area (Å²) < 4.78 is 2.86. The van der Waals surface area contributed by atoms with Gasteiger partial charge in [-0.2, -0.15) is 15.5 Å². The van der Waals surface area contributed by atoms with Crippen LogP contribution in [0.25, 0.3) is 42.6 Å². The molecule has 156 valence electrons. The normalized spacial score (nSPS) is 14.7. The summed E-state index contributed by atoms with van der Waals surface area (Å²) in [4.78, 5) is 13.3. The van der Waals surface area contributed by atoms with Crippen LogP contribution in [0.3, 0.4) is 0 Å². The van der Waals surface area contributed by atoms with Crippen LogP contribution in [0.4, 0.5) is 0 Å². The zero-order valence-electron chi connectivity index (χ0n) is 17.2. The second kappa shape index (κ2) is 6.60. The van der Waals surface area contributed by atoms with Gasteiger partial charge in [0.15, 0.2) is 0 Å². The number of aromatic amines is 1. The number of thiophene rings is 1. The molecule has 0 amide bonds. The highest BCUT2D eigenvalue weighted by molar-refractivity contribution is 7.22. The minimum absolute atomic E-state index is 0.234. The van der Waals surface area contributed by atoms with Crippen molar-refractivity contribution >= 4 is 32.2 Å².